The Balaban J connectivity index is 1.83. The minimum absolute atomic E-state index is 0.00484. The lowest BCUT2D eigenvalue weighted by atomic mass is 10.1. The molecule has 0 radical (unpaired) electrons. The maximum absolute atomic E-state index is 12.6. The first-order valence-electron chi connectivity index (χ1n) is 7.47. The molecule has 2 heterocycles. The number of aromatic nitrogens is 2. The Morgan fingerprint density at radius 1 is 1.39 bits per heavy atom. The van der Waals surface area contributed by atoms with Gasteiger partial charge in [0.1, 0.15) is 5.69 Å². The average molecular weight is 326 g/mol. The van der Waals surface area contributed by atoms with Gasteiger partial charge < -0.3 is 9.30 Å². The van der Waals surface area contributed by atoms with Gasteiger partial charge in [-0.3, -0.25) is 0 Å². The second kappa shape index (κ2) is 6.51. The second-order valence-electron chi connectivity index (χ2n) is 5.52. The highest BCUT2D eigenvalue weighted by atomic mass is 32.2. The van der Waals surface area contributed by atoms with E-state index in [-0.39, 0.29) is 12.0 Å². The third kappa shape index (κ3) is 3.13. The maximum atomic E-state index is 12.6. The Hall–Kier alpha value is -2.19. The number of benzene rings is 1. The molecule has 0 saturated carbocycles. The molecule has 0 N–H and O–H groups in total. The highest BCUT2D eigenvalue weighted by Crippen LogP contribution is 2.33. The van der Waals surface area contributed by atoms with Gasteiger partial charge >= 0.3 is 5.97 Å². The molecule has 3 rings (SSSR count). The third-order valence-corrected chi connectivity index (χ3v) is 5.23. The van der Waals surface area contributed by atoms with E-state index < -0.39 is 5.60 Å². The molecule has 5 heteroatoms. The van der Waals surface area contributed by atoms with Crippen molar-refractivity contribution in [3.8, 4) is 11.8 Å². The van der Waals surface area contributed by atoms with Gasteiger partial charge in [-0.05, 0) is 19.4 Å². The maximum Gasteiger partial charge on any atom is 0.358 e. The van der Waals surface area contributed by atoms with Crippen LogP contribution in [0.4, 0.5) is 0 Å². The summed E-state index contributed by atoms with van der Waals surface area (Å²) in [5, 5.41) is 0. The Morgan fingerprint density at radius 2 is 2.13 bits per heavy atom. The molecule has 23 heavy (non-hydrogen) atoms. The van der Waals surface area contributed by atoms with Crippen molar-refractivity contribution in [1.82, 2.24) is 9.55 Å². The topological polar surface area (TPSA) is 44.1 Å². The van der Waals surface area contributed by atoms with Crippen LogP contribution < -0.4 is 0 Å². The quantitative estimate of drug-likeness (QED) is 0.639. The molecule has 1 aliphatic heterocycles. The van der Waals surface area contributed by atoms with Crippen LogP contribution >= 0.6 is 11.8 Å². The van der Waals surface area contributed by atoms with Gasteiger partial charge in [-0.2, -0.15) is 11.8 Å². The summed E-state index contributed by atoms with van der Waals surface area (Å²) in [4.78, 5) is 16.7. The van der Waals surface area contributed by atoms with Gasteiger partial charge in [-0.25, -0.2) is 9.78 Å². The molecular weight excluding hydrogens is 308 g/mol. The van der Waals surface area contributed by atoms with E-state index in [0.29, 0.717) is 5.69 Å². The van der Waals surface area contributed by atoms with E-state index in [1.807, 2.05) is 41.8 Å². The lowest BCUT2D eigenvalue weighted by Gasteiger charge is -2.35. The van der Waals surface area contributed by atoms with Crippen molar-refractivity contribution in [2.75, 3.05) is 11.5 Å². The van der Waals surface area contributed by atoms with Crippen molar-refractivity contribution in [2.45, 2.75) is 25.5 Å². The number of hydrogen-bond acceptors (Lipinski definition) is 4. The van der Waals surface area contributed by atoms with Crippen LogP contribution in [0.25, 0.3) is 0 Å². The number of nitrogens with zero attached hydrogens (tertiary/aromatic N) is 2. The van der Waals surface area contributed by atoms with Crippen LogP contribution in [0.2, 0.25) is 0 Å². The lowest BCUT2D eigenvalue weighted by Crippen LogP contribution is -2.46. The van der Waals surface area contributed by atoms with Gasteiger partial charge in [0.15, 0.2) is 5.60 Å². The van der Waals surface area contributed by atoms with Gasteiger partial charge in [0, 0.05) is 11.5 Å². The van der Waals surface area contributed by atoms with Crippen molar-refractivity contribution < 1.29 is 9.53 Å². The molecule has 0 aliphatic carbocycles. The van der Waals surface area contributed by atoms with E-state index in [1.54, 1.807) is 31.2 Å². The normalized spacial score (nSPS) is 16.6. The summed E-state index contributed by atoms with van der Waals surface area (Å²) >= 11 is 1.73. The van der Waals surface area contributed by atoms with Crippen molar-refractivity contribution in [3.63, 3.8) is 0 Å². The van der Waals surface area contributed by atoms with Crippen LogP contribution in [0.5, 0.6) is 0 Å². The molecule has 1 saturated heterocycles. The highest BCUT2D eigenvalue weighted by molar-refractivity contribution is 8.00. The SMILES string of the molecule is CC#CC1(OC(=O)c2cncn2C(C)c2ccccc2)CSC1. The zero-order chi connectivity index (χ0) is 16.3. The zero-order valence-electron chi connectivity index (χ0n) is 13.2. The van der Waals surface area contributed by atoms with E-state index in [2.05, 4.69) is 16.8 Å². The van der Waals surface area contributed by atoms with Gasteiger partial charge in [0.05, 0.1) is 18.6 Å². The fraction of sp³-hybridized carbons (Fsp3) is 0.333. The third-order valence-electron chi connectivity index (χ3n) is 3.89. The van der Waals surface area contributed by atoms with Crippen LogP contribution in [0.15, 0.2) is 42.9 Å². The van der Waals surface area contributed by atoms with Gasteiger partial charge in [-0.15, -0.1) is 5.92 Å². The summed E-state index contributed by atoms with van der Waals surface area (Å²) in [6, 6.07) is 10.0. The fourth-order valence-corrected chi connectivity index (χ4v) is 3.40. The van der Waals surface area contributed by atoms with Crippen LogP contribution in [-0.2, 0) is 4.74 Å². The van der Waals surface area contributed by atoms with Crippen molar-refractivity contribution in [3.05, 3.63) is 54.1 Å². The minimum atomic E-state index is -0.637. The number of hydrogen-bond donors (Lipinski definition) is 0. The number of imidazole rings is 1. The van der Waals surface area contributed by atoms with Crippen molar-refractivity contribution >= 4 is 17.7 Å². The number of ether oxygens (including phenoxy) is 1. The summed E-state index contributed by atoms with van der Waals surface area (Å²) in [7, 11) is 0. The smallest absolute Gasteiger partial charge is 0.358 e. The van der Waals surface area contributed by atoms with Crippen LogP contribution in [0.3, 0.4) is 0 Å². The van der Waals surface area contributed by atoms with Crippen molar-refractivity contribution in [1.29, 1.82) is 0 Å². The molecular formula is C18H18N2O2S. The number of esters is 1. The lowest BCUT2D eigenvalue weighted by molar-refractivity contribution is 0.0186. The van der Waals surface area contributed by atoms with Crippen LogP contribution in [0.1, 0.15) is 35.9 Å². The molecule has 1 aromatic carbocycles. The molecule has 4 nitrogen and oxygen atoms in total. The fourth-order valence-electron chi connectivity index (χ4n) is 2.57. The van der Waals surface area contributed by atoms with Crippen molar-refractivity contribution in [2.24, 2.45) is 0 Å². The molecule has 1 aromatic heterocycles. The molecule has 1 atom stereocenters. The molecule has 0 spiro atoms. The van der Waals surface area contributed by atoms with E-state index in [9.17, 15) is 4.79 Å². The monoisotopic (exact) mass is 326 g/mol. The van der Waals surface area contributed by atoms with E-state index in [1.165, 1.54) is 0 Å². The Kier molecular flexibility index (Phi) is 4.44. The Labute approximate surface area is 140 Å². The van der Waals surface area contributed by atoms with E-state index >= 15 is 0 Å². The number of rotatable bonds is 4. The first-order chi connectivity index (χ1) is 11.2. The van der Waals surface area contributed by atoms with Crippen LogP contribution in [0, 0.1) is 11.8 Å². The first kappa shape index (κ1) is 15.7. The molecule has 118 valence electrons. The average Bonchev–Trinajstić information content (AvgIpc) is 3.02. The van der Waals surface area contributed by atoms with Crippen LogP contribution in [-0.4, -0.2) is 32.6 Å². The number of thioether (sulfide) groups is 1. The summed E-state index contributed by atoms with van der Waals surface area (Å²) in [6.45, 7) is 3.80. The molecule has 2 aromatic rings. The summed E-state index contributed by atoms with van der Waals surface area (Å²) < 4.78 is 7.54. The molecule has 0 bridgehead atoms. The largest absolute Gasteiger partial charge is 0.439 e. The highest BCUT2D eigenvalue weighted by Gasteiger charge is 2.41. The second-order valence-corrected chi connectivity index (χ2v) is 6.51. The zero-order valence-corrected chi connectivity index (χ0v) is 14.0. The van der Waals surface area contributed by atoms with Gasteiger partial charge in [-0.1, -0.05) is 36.3 Å². The molecule has 1 unspecified atom stereocenters. The predicted octanol–water partition coefficient (Wildman–Crippen LogP) is 3.16. The first-order valence-corrected chi connectivity index (χ1v) is 8.62. The predicted molar refractivity (Wildman–Crippen MR) is 91.4 cm³/mol. The standard InChI is InChI=1S/C18H18N2O2S/c1-3-9-18(11-23-12-18)22-17(21)16-10-19-13-20(16)14(2)15-7-5-4-6-8-15/h4-8,10,13-14H,11-12H2,1-2H3. The summed E-state index contributed by atoms with van der Waals surface area (Å²) in [6.07, 6.45) is 3.22. The summed E-state index contributed by atoms with van der Waals surface area (Å²) in [5.74, 6) is 6.97. The number of carbonyl (C=O) groups excluding carboxylic acids is 1. The Morgan fingerprint density at radius 3 is 2.74 bits per heavy atom. The Bertz CT molecular complexity index is 754. The van der Waals surface area contributed by atoms with Gasteiger partial charge in [0.25, 0.3) is 0 Å². The van der Waals surface area contributed by atoms with Gasteiger partial charge in [0.2, 0.25) is 0 Å². The molecule has 1 aliphatic rings. The van der Waals surface area contributed by atoms with E-state index in [4.69, 9.17) is 4.74 Å². The summed E-state index contributed by atoms with van der Waals surface area (Å²) in [5.41, 5.74) is 0.930. The molecule has 0 amide bonds. The van der Waals surface area contributed by atoms with E-state index in [0.717, 1.165) is 17.1 Å². The minimum Gasteiger partial charge on any atom is -0.439 e. The molecule has 1 fully saturated rings. The number of carbonyl (C=O) groups is 1.